The molecule has 0 fully saturated rings. The van der Waals surface area contributed by atoms with Crippen LogP contribution in [0.5, 0.6) is 0 Å². The van der Waals surface area contributed by atoms with Gasteiger partial charge in [0.05, 0.1) is 10.4 Å². The fourth-order valence-electron chi connectivity index (χ4n) is 2.88. The van der Waals surface area contributed by atoms with Crippen LogP contribution in [0, 0.1) is 0 Å². The molecule has 0 saturated heterocycles. The third-order valence-corrected chi connectivity index (χ3v) is 4.59. The number of esters is 1. The Balaban J connectivity index is 1.76. The molecule has 0 radical (unpaired) electrons. The van der Waals surface area contributed by atoms with Crippen LogP contribution in [0.25, 0.3) is 10.8 Å². The van der Waals surface area contributed by atoms with E-state index in [0.29, 0.717) is 22.3 Å². The molecule has 2 aromatic heterocycles. The number of aromatic nitrogens is 3. The molecule has 0 unspecified atom stereocenters. The van der Waals surface area contributed by atoms with Crippen LogP contribution in [-0.4, -0.2) is 33.2 Å². The number of pyridine rings is 1. The maximum atomic E-state index is 12.7. The lowest BCUT2D eigenvalue weighted by atomic mass is 10.1. The predicted molar refractivity (Wildman–Crippen MR) is 114 cm³/mol. The lowest BCUT2D eigenvalue weighted by Crippen LogP contribution is -2.28. The van der Waals surface area contributed by atoms with Gasteiger partial charge in [-0.1, -0.05) is 49.6 Å². The second-order valence-electron chi connectivity index (χ2n) is 6.62. The number of benzene rings is 1. The van der Waals surface area contributed by atoms with Gasteiger partial charge < -0.3 is 10.1 Å². The van der Waals surface area contributed by atoms with Crippen molar-refractivity contribution in [1.29, 1.82) is 0 Å². The zero-order valence-corrected chi connectivity index (χ0v) is 17.2. The van der Waals surface area contributed by atoms with E-state index in [0.717, 1.165) is 19.3 Å². The maximum absolute atomic E-state index is 12.7. The lowest BCUT2D eigenvalue weighted by molar-refractivity contribution is -0.119. The number of hydrogen-bond acceptors (Lipinski definition) is 6. The van der Waals surface area contributed by atoms with Crippen molar-refractivity contribution in [3.63, 3.8) is 0 Å². The summed E-state index contributed by atoms with van der Waals surface area (Å²) in [4.78, 5) is 41.3. The molecule has 2 heterocycles. The first-order valence-corrected chi connectivity index (χ1v) is 9.95. The molecule has 156 valence electrons. The van der Waals surface area contributed by atoms with E-state index in [1.54, 1.807) is 30.3 Å². The maximum Gasteiger partial charge on any atom is 0.359 e. The van der Waals surface area contributed by atoms with E-state index in [9.17, 15) is 14.4 Å². The Morgan fingerprint density at radius 3 is 2.60 bits per heavy atom. The number of rotatable bonds is 8. The van der Waals surface area contributed by atoms with Crippen LogP contribution < -0.4 is 10.9 Å². The molecule has 0 saturated carbocycles. The topological polar surface area (TPSA) is 103 Å². The van der Waals surface area contributed by atoms with Crippen LogP contribution in [0.4, 0.5) is 5.82 Å². The summed E-state index contributed by atoms with van der Waals surface area (Å²) >= 11 is 5.75. The number of carbonyl (C=O) groups excluding carboxylic acids is 2. The van der Waals surface area contributed by atoms with Gasteiger partial charge in [0.1, 0.15) is 5.82 Å². The minimum absolute atomic E-state index is 0.000818. The van der Waals surface area contributed by atoms with Crippen LogP contribution in [0.1, 0.15) is 36.7 Å². The van der Waals surface area contributed by atoms with Crippen LogP contribution >= 0.6 is 11.6 Å². The van der Waals surface area contributed by atoms with E-state index in [2.05, 4.69) is 22.3 Å². The SMILES string of the molecule is CCCCCn1nc(C(=O)OCC(=O)Nc2ccc(Cl)cn2)c2ccccc2c1=O. The van der Waals surface area contributed by atoms with E-state index < -0.39 is 18.5 Å². The van der Waals surface area contributed by atoms with Crippen molar-refractivity contribution in [3.8, 4) is 0 Å². The molecule has 1 N–H and O–H groups in total. The van der Waals surface area contributed by atoms with Gasteiger partial charge in [0, 0.05) is 18.1 Å². The third kappa shape index (κ3) is 5.21. The average molecular weight is 429 g/mol. The normalized spacial score (nSPS) is 10.7. The highest BCUT2D eigenvalue weighted by atomic mass is 35.5. The molecule has 0 aliphatic heterocycles. The molecule has 0 aliphatic carbocycles. The van der Waals surface area contributed by atoms with Crippen molar-refractivity contribution in [2.45, 2.75) is 32.7 Å². The van der Waals surface area contributed by atoms with Gasteiger partial charge in [-0.05, 0) is 24.6 Å². The van der Waals surface area contributed by atoms with Crippen molar-refractivity contribution in [3.05, 3.63) is 63.7 Å². The number of fused-ring (bicyclic) bond motifs is 1. The molecular formula is C21H21ClN4O4. The third-order valence-electron chi connectivity index (χ3n) is 4.36. The standard InChI is InChI=1S/C21H21ClN4O4/c1-2-3-6-11-26-20(28)16-8-5-4-7-15(16)19(25-26)21(29)30-13-18(27)24-17-10-9-14(22)12-23-17/h4-5,7-10,12H,2-3,6,11,13H2,1H3,(H,23,24,27). The number of amides is 1. The summed E-state index contributed by atoms with van der Waals surface area (Å²) < 4.78 is 6.42. The molecule has 3 rings (SSSR count). The number of carbonyl (C=O) groups is 2. The van der Waals surface area contributed by atoms with E-state index in [1.807, 2.05) is 0 Å². The van der Waals surface area contributed by atoms with Gasteiger partial charge in [0.25, 0.3) is 11.5 Å². The monoisotopic (exact) mass is 428 g/mol. The predicted octanol–water partition coefficient (Wildman–Crippen LogP) is 3.43. The number of anilines is 1. The molecule has 30 heavy (non-hydrogen) atoms. The molecule has 9 heteroatoms. The van der Waals surface area contributed by atoms with Gasteiger partial charge in [0.15, 0.2) is 12.3 Å². The average Bonchev–Trinajstić information content (AvgIpc) is 2.75. The fraction of sp³-hybridized carbons (Fsp3) is 0.286. The van der Waals surface area contributed by atoms with Crippen LogP contribution in [0.2, 0.25) is 5.02 Å². The second kappa shape index (κ2) is 9.98. The highest BCUT2D eigenvalue weighted by Crippen LogP contribution is 2.15. The Morgan fingerprint density at radius 1 is 1.13 bits per heavy atom. The Morgan fingerprint density at radius 2 is 1.90 bits per heavy atom. The molecule has 8 nitrogen and oxygen atoms in total. The number of hydrogen-bond donors (Lipinski definition) is 1. The van der Waals surface area contributed by atoms with Crippen LogP contribution in [0.15, 0.2) is 47.4 Å². The summed E-state index contributed by atoms with van der Waals surface area (Å²) in [6, 6.07) is 9.82. The second-order valence-corrected chi connectivity index (χ2v) is 7.05. The molecule has 1 amide bonds. The number of halogens is 1. The van der Waals surface area contributed by atoms with Gasteiger partial charge in [-0.25, -0.2) is 14.5 Å². The van der Waals surface area contributed by atoms with Crippen molar-refractivity contribution in [1.82, 2.24) is 14.8 Å². The van der Waals surface area contributed by atoms with Crippen LogP contribution in [-0.2, 0) is 16.1 Å². The summed E-state index contributed by atoms with van der Waals surface area (Å²) in [6.07, 6.45) is 4.10. The highest BCUT2D eigenvalue weighted by Gasteiger charge is 2.19. The summed E-state index contributed by atoms with van der Waals surface area (Å²) in [5.74, 6) is -1.05. The number of unbranched alkanes of at least 4 members (excludes halogenated alkanes) is 2. The van der Waals surface area contributed by atoms with Gasteiger partial charge in [-0.3, -0.25) is 9.59 Å². The minimum atomic E-state index is -0.783. The first-order chi connectivity index (χ1) is 14.5. The summed E-state index contributed by atoms with van der Waals surface area (Å²) in [6.45, 7) is 1.94. The number of ether oxygens (including phenoxy) is 1. The Hall–Kier alpha value is -3.26. The lowest BCUT2D eigenvalue weighted by Gasteiger charge is -2.11. The van der Waals surface area contributed by atoms with Crippen molar-refractivity contribution < 1.29 is 14.3 Å². The van der Waals surface area contributed by atoms with Gasteiger partial charge in [-0.2, -0.15) is 5.10 Å². The van der Waals surface area contributed by atoms with Crippen molar-refractivity contribution in [2.24, 2.45) is 0 Å². The Kier molecular flexibility index (Phi) is 7.13. The van der Waals surface area contributed by atoms with Gasteiger partial charge in [-0.15, -0.1) is 0 Å². The molecule has 1 aromatic carbocycles. The van der Waals surface area contributed by atoms with E-state index in [1.165, 1.54) is 16.9 Å². The minimum Gasteiger partial charge on any atom is -0.451 e. The molecule has 0 bridgehead atoms. The summed E-state index contributed by atoms with van der Waals surface area (Å²) in [7, 11) is 0. The first-order valence-electron chi connectivity index (χ1n) is 9.58. The number of nitrogens with one attached hydrogen (secondary N) is 1. The number of nitrogens with zero attached hydrogens (tertiary/aromatic N) is 3. The van der Waals surface area contributed by atoms with E-state index >= 15 is 0 Å². The van der Waals surface area contributed by atoms with Crippen LogP contribution in [0.3, 0.4) is 0 Å². The first kappa shape index (κ1) is 21.4. The molecule has 0 aliphatic rings. The molecular weight excluding hydrogens is 408 g/mol. The summed E-state index contributed by atoms with van der Waals surface area (Å²) in [5.41, 5.74) is -0.260. The number of aryl methyl sites for hydroxylation is 1. The zero-order valence-electron chi connectivity index (χ0n) is 16.4. The van der Waals surface area contributed by atoms with E-state index in [4.69, 9.17) is 16.3 Å². The molecule has 0 spiro atoms. The quantitative estimate of drug-likeness (QED) is 0.435. The van der Waals surface area contributed by atoms with Gasteiger partial charge in [0.2, 0.25) is 0 Å². The Bertz CT molecular complexity index is 1110. The fourth-order valence-corrected chi connectivity index (χ4v) is 2.99. The van der Waals surface area contributed by atoms with Gasteiger partial charge >= 0.3 is 5.97 Å². The summed E-state index contributed by atoms with van der Waals surface area (Å²) in [5, 5.41) is 7.93. The largest absolute Gasteiger partial charge is 0.451 e. The Labute approximate surface area is 177 Å². The molecule has 3 aromatic rings. The molecule has 0 atom stereocenters. The smallest absolute Gasteiger partial charge is 0.359 e. The highest BCUT2D eigenvalue weighted by molar-refractivity contribution is 6.30. The van der Waals surface area contributed by atoms with E-state index in [-0.39, 0.29) is 17.1 Å². The van der Waals surface area contributed by atoms with Crippen molar-refractivity contribution in [2.75, 3.05) is 11.9 Å². The zero-order chi connectivity index (χ0) is 21.5. The van der Waals surface area contributed by atoms with Crippen molar-refractivity contribution >= 4 is 40.1 Å².